The second-order valence-corrected chi connectivity index (χ2v) is 8.11. The molecule has 2 aliphatic rings. The largest absolute Gasteiger partial charge is 0.478 e. The molecule has 124 valence electrons. The number of fused-ring (bicyclic) bond motifs is 2. The fourth-order valence-corrected chi connectivity index (χ4v) is 4.79. The van der Waals surface area contributed by atoms with Crippen LogP contribution in [-0.4, -0.2) is 28.6 Å². The lowest BCUT2D eigenvalue weighted by molar-refractivity contribution is -0.384. The molecule has 2 bridgehead atoms. The maximum Gasteiger partial charge on any atom is 0.335 e. The van der Waals surface area contributed by atoms with E-state index in [-0.39, 0.29) is 28.1 Å². The molecule has 0 spiro atoms. The molecule has 2 fully saturated rings. The van der Waals surface area contributed by atoms with Crippen molar-refractivity contribution in [2.45, 2.75) is 46.1 Å². The van der Waals surface area contributed by atoms with Gasteiger partial charge in [0.25, 0.3) is 5.69 Å². The molecule has 1 aliphatic carbocycles. The number of aromatic carboxylic acids is 1. The fraction of sp³-hybridized carbons (Fsp3) is 0.588. The molecular weight excluding hydrogens is 296 g/mol. The van der Waals surface area contributed by atoms with Crippen LogP contribution < -0.4 is 4.90 Å². The maximum atomic E-state index is 11.4. The van der Waals surface area contributed by atoms with Crippen LogP contribution in [0.15, 0.2) is 18.2 Å². The molecule has 0 radical (unpaired) electrons. The standard InChI is InChI=1S/C17H22N2O4/c1-16(2)7-12-8-17(3,9-16)10-18(12)13-5-4-11(15(20)21)6-14(13)19(22)23/h4-6,12H,7-10H2,1-3H3,(H,20,21)/t12-,17+/m1/s1. The van der Waals surface area contributed by atoms with Gasteiger partial charge in [0.15, 0.2) is 0 Å². The van der Waals surface area contributed by atoms with E-state index in [1.54, 1.807) is 6.07 Å². The molecular formula is C17H22N2O4. The zero-order valence-corrected chi connectivity index (χ0v) is 13.7. The van der Waals surface area contributed by atoms with Gasteiger partial charge in [0.05, 0.1) is 10.5 Å². The summed E-state index contributed by atoms with van der Waals surface area (Å²) in [4.78, 5) is 24.2. The van der Waals surface area contributed by atoms with Crippen LogP contribution in [0.2, 0.25) is 0 Å². The van der Waals surface area contributed by atoms with Crippen LogP contribution in [0.4, 0.5) is 11.4 Å². The second kappa shape index (κ2) is 4.94. The third-order valence-corrected chi connectivity index (χ3v) is 5.14. The monoisotopic (exact) mass is 318 g/mol. The quantitative estimate of drug-likeness (QED) is 0.678. The van der Waals surface area contributed by atoms with Gasteiger partial charge in [-0.3, -0.25) is 10.1 Å². The second-order valence-electron chi connectivity index (χ2n) is 8.11. The lowest BCUT2D eigenvalue weighted by Gasteiger charge is -2.39. The molecule has 1 aliphatic heterocycles. The molecule has 6 heteroatoms. The number of anilines is 1. The third kappa shape index (κ3) is 2.78. The van der Waals surface area contributed by atoms with E-state index in [9.17, 15) is 14.9 Å². The highest BCUT2D eigenvalue weighted by atomic mass is 16.6. The van der Waals surface area contributed by atoms with Crippen molar-refractivity contribution in [1.82, 2.24) is 0 Å². The smallest absolute Gasteiger partial charge is 0.335 e. The Balaban J connectivity index is 2.02. The molecule has 0 amide bonds. The van der Waals surface area contributed by atoms with Crippen LogP contribution in [0.1, 0.15) is 50.4 Å². The Labute approximate surface area is 135 Å². The Kier molecular flexibility index (Phi) is 3.39. The van der Waals surface area contributed by atoms with Gasteiger partial charge >= 0.3 is 5.97 Å². The third-order valence-electron chi connectivity index (χ3n) is 5.14. The van der Waals surface area contributed by atoms with E-state index in [1.165, 1.54) is 12.1 Å². The van der Waals surface area contributed by atoms with Gasteiger partial charge in [0.2, 0.25) is 0 Å². The van der Waals surface area contributed by atoms with Gasteiger partial charge in [0.1, 0.15) is 5.69 Å². The Hall–Kier alpha value is -2.11. The molecule has 6 nitrogen and oxygen atoms in total. The van der Waals surface area contributed by atoms with Gasteiger partial charge < -0.3 is 10.0 Å². The average molecular weight is 318 g/mol. The number of benzene rings is 1. The molecule has 1 aromatic carbocycles. The van der Waals surface area contributed by atoms with Crippen LogP contribution in [0.5, 0.6) is 0 Å². The minimum Gasteiger partial charge on any atom is -0.478 e. The number of carboxylic acids is 1. The summed E-state index contributed by atoms with van der Waals surface area (Å²) >= 11 is 0. The van der Waals surface area contributed by atoms with Gasteiger partial charge in [-0.25, -0.2) is 4.79 Å². The number of carboxylic acid groups (broad SMARTS) is 1. The summed E-state index contributed by atoms with van der Waals surface area (Å²) in [6, 6.07) is 4.50. The lowest BCUT2D eigenvalue weighted by Crippen LogP contribution is -2.34. The van der Waals surface area contributed by atoms with E-state index in [0.717, 1.165) is 25.8 Å². The van der Waals surface area contributed by atoms with Gasteiger partial charge in [-0.1, -0.05) is 20.8 Å². The Morgan fingerprint density at radius 2 is 2.04 bits per heavy atom. The Morgan fingerprint density at radius 1 is 1.35 bits per heavy atom. The highest BCUT2D eigenvalue weighted by Crippen LogP contribution is 2.54. The number of rotatable bonds is 3. The average Bonchev–Trinajstić information content (AvgIpc) is 2.67. The van der Waals surface area contributed by atoms with Crippen molar-refractivity contribution >= 4 is 17.3 Å². The summed E-state index contributed by atoms with van der Waals surface area (Å²) in [6.45, 7) is 7.54. The number of hydrogen-bond donors (Lipinski definition) is 1. The summed E-state index contributed by atoms with van der Waals surface area (Å²) in [5, 5.41) is 20.5. The summed E-state index contributed by atoms with van der Waals surface area (Å²) < 4.78 is 0. The minimum absolute atomic E-state index is 0.0471. The molecule has 1 aromatic rings. The van der Waals surface area contributed by atoms with Crippen molar-refractivity contribution in [3.05, 3.63) is 33.9 Å². The first-order valence-corrected chi connectivity index (χ1v) is 7.89. The number of hydrogen-bond acceptors (Lipinski definition) is 4. The molecule has 1 heterocycles. The van der Waals surface area contributed by atoms with Crippen molar-refractivity contribution in [3.63, 3.8) is 0 Å². The molecule has 0 aromatic heterocycles. The number of nitro benzene ring substituents is 1. The number of carbonyl (C=O) groups is 1. The van der Waals surface area contributed by atoms with Crippen LogP contribution in [0, 0.1) is 20.9 Å². The van der Waals surface area contributed by atoms with Gasteiger partial charge in [-0.05, 0) is 42.2 Å². The van der Waals surface area contributed by atoms with E-state index in [2.05, 4.69) is 25.7 Å². The van der Waals surface area contributed by atoms with Crippen LogP contribution in [0.3, 0.4) is 0 Å². The highest BCUT2D eigenvalue weighted by Gasteiger charge is 2.50. The topological polar surface area (TPSA) is 83.7 Å². The van der Waals surface area contributed by atoms with E-state index in [4.69, 9.17) is 5.11 Å². The van der Waals surface area contributed by atoms with Gasteiger partial charge in [-0.2, -0.15) is 0 Å². The molecule has 0 unspecified atom stereocenters. The van der Waals surface area contributed by atoms with Crippen molar-refractivity contribution in [1.29, 1.82) is 0 Å². The first-order chi connectivity index (χ1) is 10.6. The van der Waals surface area contributed by atoms with Gasteiger partial charge in [-0.15, -0.1) is 0 Å². The minimum atomic E-state index is -1.15. The van der Waals surface area contributed by atoms with Gasteiger partial charge in [0, 0.05) is 18.7 Å². The molecule has 3 rings (SSSR count). The Morgan fingerprint density at radius 3 is 2.65 bits per heavy atom. The Bertz CT molecular complexity index is 685. The van der Waals surface area contributed by atoms with E-state index >= 15 is 0 Å². The zero-order chi connectivity index (χ0) is 17.0. The van der Waals surface area contributed by atoms with E-state index in [0.29, 0.717) is 5.69 Å². The fourth-order valence-electron chi connectivity index (χ4n) is 4.79. The summed E-state index contributed by atoms with van der Waals surface area (Å²) in [5.41, 5.74) is 0.771. The van der Waals surface area contributed by atoms with E-state index in [1.807, 2.05) is 0 Å². The molecule has 1 saturated carbocycles. The van der Waals surface area contributed by atoms with Crippen molar-refractivity contribution in [2.24, 2.45) is 10.8 Å². The van der Waals surface area contributed by atoms with E-state index < -0.39 is 10.9 Å². The van der Waals surface area contributed by atoms with Crippen molar-refractivity contribution in [2.75, 3.05) is 11.4 Å². The maximum absolute atomic E-state index is 11.4. The summed E-state index contributed by atoms with van der Waals surface area (Å²) in [5.74, 6) is -1.15. The molecule has 2 atom stereocenters. The van der Waals surface area contributed by atoms with Crippen LogP contribution >= 0.6 is 0 Å². The predicted octanol–water partition coefficient (Wildman–Crippen LogP) is 3.70. The normalized spacial score (nSPS) is 28.7. The summed E-state index contributed by atoms with van der Waals surface area (Å²) in [6.07, 6.45) is 3.14. The van der Waals surface area contributed by atoms with Crippen LogP contribution in [-0.2, 0) is 0 Å². The first-order valence-electron chi connectivity index (χ1n) is 7.89. The lowest BCUT2D eigenvalue weighted by atomic mass is 9.65. The van der Waals surface area contributed by atoms with Crippen LogP contribution in [0.25, 0.3) is 0 Å². The van der Waals surface area contributed by atoms with Crippen molar-refractivity contribution in [3.8, 4) is 0 Å². The summed E-state index contributed by atoms with van der Waals surface area (Å²) in [7, 11) is 0. The number of nitrogens with zero attached hydrogens (tertiary/aromatic N) is 2. The highest BCUT2D eigenvalue weighted by molar-refractivity contribution is 5.90. The van der Waals surface area contributed by atoms with Crippen molar-refractivity contribution < 1.29 is 14.8 Å². The molecule has 23 heavy (non-hydrogen) atoms. The number of nitro groups is 1. The molecule has 1 N–H and O–H groups in total. The predicted molar refractivity (Wildman–Crippen MR) is 86.9 cm³/mol. The zero-order valence-electron chi connectivity index (χ0n) is 13.7. The first kappa shape index (κ1) is 15.8. The molecule has 1 saturated heterocycles. The SMILES string of the molecule is CC1(C)C[C@@H]2C[C@](C)(CN2c2ccc(C(=O)O)cc2[N+](=O)[O-])C1.